The summed E-state index contributed by atoms with van der Waals surface area (Å²) in [5.41, 5.74) is 1.62. The largest absolute Gasteiger partial charge is 0.496 e. The van der Waals surface area contributed by atoms with E-state index in [2.05, 4.69) is 0 Å². The lowest BCUT2D eigenvalue weighted by atomic mass is 9.94. The van der Waals surface area contributed by atoms with E-state index >= 15 is 0 Å². The van der Waals surface area contributed by atoms with Gasteiger partial charge in [-0.2, -0.15) is 0 Å². The van der Waals surface area contributed by atoms with E-state index in [4.69, 9.17) is 14.9 Å². The zero-order chi connectivity index (χ0) is 14.6. The minimum atomic E-state index is -1.46. The average molecular weight is 266 g/mol. The zero-order valence-electron chi connectivity index (χ0n) is 11.2. The Kier molecular flexibility index (Phi) is 4.92. The highest BCUT2D eigenvalue weighted by atomic mass is 16.5. The van der Waals surface area contributed by atoms with Gasteiger partial charge in [-0.15, -0.1) is 0 Å². The first kappa shape index (κ1) is 15.0. The van der Waals surface area contributed by atoms with Crippen molar-refractivity contribution in [1.82, 2.24) is 0 Å². The maximum atomic E-state index is 10.9. The molecule has 104 valence electrons. The van der Waals surface area contributed by atoms with Crippen molar-refractivity contribution in [1.29, 1.82) is 0 Å². The van der Waals surface area contributed by atoms with Crippen LogP contribution in [0.15, 0.2) is 18.2 Å². The molecule has 1 rings (SSSR count). The molecule has 0 radical (unpaired) electrons. The molecule has 0 bridgehead atoms. The second kappa shape index (κ2) is 6.22. The number of aliphatic carboxylic acids is 2. The van der Waals surface area contributed by atoms with E-state index in [1.165, 1.54) is 7.11 Å². The molecule has 0 aromatic heterocycles. The summed E-state index contributed by atoms with van der Waals surface area (Å²) in [4.78, 5) is 21.9. The molecule has 0 spiro atoms. The molecular formula is C14H18O5. The molecule has 19 heavy (non-hydrogen) atoms. The number of hydrogen-bond donors (Lipinski definition) is 2. The topological polar surface area (TPSA) is 83.8 Å². The Morgan fingerprint density at radius 1 is 1.21 bits per heavy atom. The molecule has 0 amide bonds. The number of rotatable bonds is 6. The Labute approximate surface area is 111 Å². The molecule has 2 N–H and O–H groups in total. The summed E-state index contributed by atoms with van der Waals surface area (Å²) in [5, 5.41) is 17.9. The number of carboxylic acid groups (broad SMARTS) is 2. The summed E-state index contributed by atoms with van der Waals surface area (Å²) in [6.45, 7) is 4.02. The standard InChI is InChI=1S/C14H18O5/c1-8(2)9-4-5-12(19-3)10(6-9)7-11(13(15)16)14(17)18/h4-6,8,11H,7H2,1-3H3,(H,15,16)(H,17,18). The van der Waals surface area contributed by atoms with Crippen LogP contribution < -0.4 is 4.74 Å². The van der Waals surface area contributed by atoms with Crippen molar-refractivity contribution in [2.45, 2.75) is 26.2 Å². The first-order chi connectivity index (χ1) is 8.86. The van der Waals surface area contributed by atoms with Crippen LogP contribution in [0.5, 0.6) is 5.75 Å². The van der Waals surface area contributed by atoms with E-state index in [0.717, 1.165) is 5.56 Å². The van der Waals surface area contributed by atoms with Crippen molar-refractivity contribution >= 4 is 11.9 Å². The molecule has 0 aliphatic carbocycles. The fourth-order valence-electron chi connectivity index (χ4n) is 1.82. The fourth-order valence-corrected chi connectivity index (χ4v) is 1.82. The molecular weight excluding hydrogens is 248 g/mol. The Hall–Kier alpha value is -2.04. The normalized spacial score (nSPS) is 10.8. The quantitative estimate of drug-likeness (QED) is 0.771. The minimum Gasteiger partial charge on any atom is -0.496 e. The van der Waals surface area contributed by atoms with Crippen molar-refractivity contribution in [3.63, 3.8) is 0 Å². The van der Waals surface area contributed by atoms with Gasteiger partial charge in [0.25, 0.3) is 0 Å². The molecule has 0 unspecified atom stereocenters. The van der Waals surface area contributed by atoms with E-state index < -0.39 is 17.9 Å². The predicted molar refractivity (Wildman–Crippen MR) is 69.5 cm³/mol. The van der Waals surface area contributed by atoms with Gasteiger partial charge in [-0.25, -0.2) is 0 Å². The first-order valence-corrected chi connectivity index (χ1v) is 5.99. The fraction of sp³-hybridized carbons (Fsp3) is 0.429. The van der Waals surface area contributed by atoms with Gasteiger partial charge in [-0.05, 0) is 29.5 Å². The summed E-state index contributed by atoms with van der Waals surface area (Å²) in [7, 11) is 1.48. The Balaban J connectivity index is 3.12. The SMILES string of the molecule is COc1ccc(C(C)C)cc1CC(C(=O)O)C(=O)O. The van der Waals surface area contributed by atoms with Gasteiger partial charge in [0.2, 0.25) is 0 Å². The average Bonchev–Trinajstić information content (AvgIpc) is 2.34. The molecule has 0 fully saturated rings. The highest BCUT2D eigenvalue weighted by Crippen LogP contribution is 2.26. The molecule has 1 aromatic carbocycles. The van der Waals surface area contributed by atoms with E-state index in [1.807, 2.05) is 26.0 Å². The highest BCUT2D eigenvalue weighted by molar-refractivity contribution is 5.93. The molecule has 5 nitrogen and oxygen atoms in total. The molecule has 0 aliphatic rings. The van der Waals surface area contributed by atoms with Gasteiger partial charge in [-0.3, -0.25) is 9.59 Å². The molecule has 0 saturated carbocycles. The molecule has 5 heteroatoms. The van der Waals surface area contributed by atoms with Crippen LogP contribution in [0.4, 0.5) is 0 Å². The third-order valence-electron chi connectivity index (χ3n) is 2.99. The monoisotopic (exact) mass is 266 g/mol. The van der Waals surface area contributed by atoms with E-state index in [-0.39, 0.29) is 12.3 Å². The van der Waals surface area contributed by atoms with Crippen LogP contribution in [0.3, 0.4) is 0 Å². The van der Waals surface area contributed by atoms with E-state index in [0.29, 0.717) is 11.3 Å². The van der Waals surface area contributed by atoms with Gasteiger partial charge in [0, 0.05) is 0 Å². The maximum Gasteiger partial charge on any atom is 0.318 e. The summed E-state index contributed by atoms with van der Waals surface area (Å²) in [6.07, 6.45) is -0.0889. The number of carboxylic acids is 2. The molecule has 0 aliphatic heterocycles. The predicted octanol–water partition coefficient (Wildman–Crippen LogP) is 2.15. The second-order valence-electron chi connectivity index (χ2n) is 4.66. The van der Waals surface area contributed by atoms with Crippen molar-refractivity contribution in [2.24, 2.45) is 5.92 Å². The summed E-state index contributed by atoms with van der Waals surface area (Å²) in [6, 6.07) is 5.44. The van der Waals surface area contributed by atoms with E-state index in [9.17, 15) is 9.59 Å². The third kappa shape index (κ3) is 3.71. The van der Waals surface area contributed by atoms with Crippen LogP contribution in [0.1, 0.15) is 30.9 Å². The molecule has 0 atom stereocenters. The van der Waals surface area contributed by atoms with Gasteiger partial charge in [-0.1, -0.05) is 26.0 Å². The van der Waals surface area contributed by atoms with Gasteiger partial charge < -0.3 is 14.9 Å². The Morgan fingerprint density at radius 3 is 2.21 bits per heavy atom. The summed E-state index contributed by atoms with van der Waals surface area (Å²) >= 11 is 0. The third-order valence-corrected chi connectivity index (χ3v) is 2.99. The second-order valence-corrected chi connectivity index (χ2v) is 4.66. The van der Waals surface area contributed by atoms with Crippen molar-refractivity contribution in [3.05, 3.63) is 29.3 Å². The molecule has 0 saturated heterocycles. The van der Waals surface area contributed by atoms with Gasteiger partial charge >= 0.3 is 11.9 Å². The van der Waals surface area contributed by atoms with Crippen LogP contribution in [0, 0.1) is 5.92 Å². The molecule has 1 aromatic rings. The zero-order valence-corrected chi connectivity index (χ0v) is 11.2. The van der Waals surface area contributed by atoms with Crippen molar-refractivity contribution in [2.75, 3.05) is 7.11 Å². The summed E-state index contributed by atoms with van der Waals surface area (Å²) in [5.74, 6) is -3.36. The van der Waals surface area contributed by atoms with Crippen LogP contribution >= 0.6 is 0 Å². The van der Waals surface area contributed by atoms with Crippen LogP contribution in [-0.2, 0) is 16.0 Å². The number of methoxy groups -OCH3 is 1. The Morgan fingerprint density at radius 2 is 1.79 bits per heavy atom. The highest BCUT2D eigenvalue weighted by Gasteiger charge is 2.27. The lowest BCUT2D eigenvalue weighted by molar-refractivity contribution is -0.154. The Bertz CT molecular complexity index is 465. The summed E-state index contributed by atoms with van der Waals surface area (Å²) < 4.78 is 5.15. The number of hydrogen-bond acceptors (Lipinski definition) is 3. The number of carbonyl (C=O) groups is 2. The minimum absolute atomic E-state index is 0.0889. The van der Waals surface area contributed by atoms with Gasteiger partial charge in [0.15, 0.2) is 5.92 Å². The van der Waals surface area contributed by atoms with Crippen molar-refractivity contribution in [3.8, 4) is 5.75 Å². The van der Waals surface area contributed by atoms with Crippen LogP contribution in [0.25, 0.3) is 0 Å². The number of benzene rings is 1. The van der Waals surface area contributed by atoms with Gasteiger partial charge in [0.05, 0.1) is 7.11 Å². The van der Waals surface area contributed by atoms with Crippen molar-refractivity contribution < 1.29 is 24.5 Å². The first-order valence-electron chi connectivity index (χ1n) is 5.99. The maximum absolute atomic E-state index is 10.9. The lowest BCUT2D eigenvalue weighted by Crippen LogP contribution is -2.25. The molecule has 0 heterocycles. The van der Waals surface area contributed by atoms with Gasteiger partial charge in [0.1, 0.15) is 5.75 Å². The van der Waals surface area contributed by atoms with Crippen LogP contribution in [0.2, 0.25) is 0 Å². The lowest BCUT2D eigenvalue weighted by Gasteiger charge is -2.14. The van der Waals surface area contributed by atoms with E-state index in [1.54, 1.807) is 6.07 Å². The smallest absolute Gasteiger partial charge is 0.318 e. The van der Waals surface area contributed by atoms with Crippen LogP contribution in [-0.4, -0.2) is 29.3 Å². The number of ether oxygens (including phenoxy) is 1.